The van der Waals surface area contributed by atoms with Crippen molar-refractivity contribution in [3.05, 3.63) is 35.4 Å². The summed E-state index contributed by atoms with van der Waals surface area (Å²) < 4.78 is 5.35. The molecule has 0 fully saturated rings. The van der Waals surface area contributed by atoms with Gasteiger partial charge in [-0.3, -0.25) is 9.59 Å². The van der Waals surface area contributed by atoms with Gasteiger partial charge in [0.05, 0.1) is 0 Å². The first-order chi connectivity index (χ1) is 15.9. The summed E-state index contributed by atoms with van der Waals surface area (Å²) in [4.78, 5) is 41.5. The van der Waals surface area contributed by atoms with Gasteiger partial charge in [0, 0.05) is 11.6 Å². The molecule has 0 aliphatic heterocycles. The van der Waals surface area contributed by atoms with Gasteiger partial charge in [0.1, 0.15) is 17.7 Å². The van der Waals surface area contributed by atoms with Crippen molar-refractivity contribution in [3.63, 3.8) is 0 Å². The van der Waals surface area contributed by atoms with Gasteiger partial charge in [-0.05, 0) is 86.6 Å². The Hall–Kier alpha value is -2.57. The minimum Gasteiger partial charge on any atom is -0.444 e. The van der Waals surface area contributed by atoms with Gasteiger partial charge in [-0.2, -0.15) is 0 Å². The molecule has 0 saturated heterocycles. The van der Waals surface area contributed by atoms with Crippen molar-refractivity contribution in [2.24, 2.45) is 5.92 Å². The standard InChI is InChI=1S/C28H47N3O4/c1-18(2)12-15-20(4)31(25(33)21(5)29-26(34)35-28(9,10)11)23(24(32)30-27(6,7)8)22-16-13-19(3)14-17-22/h13-14,16-18,20-21,23H,12,15H2,1-11H3,(H,29,34)(H,30,32). The Bertz CT molecular complexity index is 850. The van der Waals surface area contributed by atoms with Crippen molar-refractivity contribution in [3.8, 4) is 0 Å². The van der Waals surface area contributed by atoms with Gasteiger partial charge in [-0.25, -0.2) is 4.79 Å². The molecule has 3 amide bonds. The number of carbonyl (C=O) groups excluding carboxylic acids is 3. The van der Waals surface area contributed by atoms with Crippen LogP contribution in [-0.2, 0) is 14.3 Å². The van der Waals surface area contributed by atoms with E-state index in [1.165, 1.54) is 0 Å². The molecule has 0 heterocycles. The Morgan fingerprint density at radius 2 is 1.46 bits per heavy atom. The van der Waals surface area contributed by atoms with E-state index in [0.29, 0.717) is 5.92 Å². The highest BCUT2D eigenvalue weighted by Crippen LogP contribution is 2.28. The number of benzene rings is 1. The van der Waals surface area contributed by atoms with Crippen LogP contribution in [0.2, 0.25) is 0 Å². The topological polar surface area (TPSA) is 87.7 Å². The molecule has 198 valence electrons. The van der Waals surface area contributed by atoms with Gasteiger partial charge < -0.3 is 20.3 Å². The summed E-state index contributed by atoms with van der Waals surface area (Å²) in [6.45, 7) is 20.9. The third-order valence-electron chi connectivity index (χ3n) is 5.41. The van der Waals surface area contributed by atoms with Gasteiger partial charge in [0.15, 0.2) is 0 Å². The third-order valence-corrected chi connectivity index (χ3v) is 5.41. The highest BCUT2D eigenvalue weighted by molar-refractivity contribution is 5.92. The van der Waals surface area contributed by atoms with Crippen molar-refractivity contribution in [1.82, 2.24) is 15.5 Å². The zero-order chi connectivity index (χ0) is 27.1. The number of nitrogens with zero attached hydrogens (tertiary/aromatic N) is 1. The normalized spacial score (nSPS) is 14.6. The van der Waals surface area contributed by atoms with E-state index in [9.17, 15) is 14.4 Å². The summed E-state index contributed by atoms with van der Waals surface area (Å²) in [7, 11) is 0. The quantitative estimate of drug-likeness (QED) is 0.478. The maximum absolute atomic E-state index is 13.9. The van der Waals surface area contributed by atoms with Crippen LogP contribution in [0.3, 0.4) is 0 Å². The lowest BCUT2D eigenvalue weighted by atomic mass is 9.96. The van der Waals surface area contributed by atoms with E-state index in [2.05, 4.69) is 24.5 Å². The second-order valence-electron chi connectivity index (χ2n) is 12.0. The molecule has 0 bridgehead atoms. The van der Waals surface area contributed by atoms with Gasteiger partial charge in [-0.1, -0.05) is 43.7 Å². The van der Waals surface area contributed by atoms with E-state index in [1.807, 2.05) is 58.9 Å². The van der Waals surface area contributed by atoms with Crippen LogP contribution in [0.5, 0.6) is 0 Å². The number of ether oxygens (including phenoxy) is 1. The molecule has 1 rings (SSSR count). The first kappa shape index (κ1) is 30.5. The molecule has 0 aromatic heterocycles. The van der Waals surface area contributed by atoms with E-state index < -0.39 is 29.3 Å². The Morgan fingerprint density at radius 3 is 1.91 bits per heavy atom. The molecule has 0 radical (unpaired) electrons. The maximum atomic E-state index is 13.9. The number of amides is 3. The molecule has 7 heteroatoms. The number of hydrogen-bond acceptors (Lipinski definition) is 4. The summed E-state index contributed by atoms with van der Waals surface area (Å²) in [5.41, 5.74) is 0.630. The van der Waals surface area contributed by atoms with E-state index >= 15 is 0 Å². The molecule has 3 atom stereocenters. The van der Waals surface area contributed by atoms with Gasteiger partial charge >= 0.3 is 6.09 Å². The Labute approximate surface area is 212 Å². The predicted octanol–water partition coefficient (Wildman–Crippen LogP) is 5.52. The molecule has 0 saturated carbocycles. The first-order valence-electron chi connectivity index (χ1n) is 12.6. The molecule has 0 aliphatic carbocycles. The highest BCUT2D eigenvalue weighted by Gasteiger charge is 2.38. The summed E-state index contributed by atoms with van der Waals surface area (Å²) in [6.07, 6.45) is 0.966. The van der Waals surface area contributed by atoms with Crippen molar-refractivity contribution in [1.29, 1.82) is 0 Å². The van der Waals surface area contributed by atoms with Crippen molar-refractivity contribution < 1.29 is 19.1 Å². The van der Waals surface area contributed by atoms with Gasteiger partial charge in [0.2, 0.25) is 11.8 Å². The molecule has 0 spiro atoms. The number of rotatable bonds is 9. The third kappa shape index (κ3) is 10.7. The number of alkyl carbamates (subject to hydrolysis) is 1. The molecule has 3 unspecified atom stereocenters. The molecule has 7 nitrogen and oxygen atoms in total. The average Bonchev–Trinajstić information content (AvgIpc) is 2.67. The average molecular weight is 490 g/mol. The minimum absolute atomic E-state index is 0.232. The monoisotopic (exact) mass is 489 g/mol. The molecule has 2 N–H and O–H groups in total. The fourth-order valence-electron chi connectivity index (χ4n) is 3.71. The summed E-state index contributed by atoms with van der Waals surface area (Å²) in [6, 6.07) is 5.72. The lowest BCUT2D eigenvalue weighted by Crippen LogP contribution is -2.56. The summed E-state index contributed by atoms with van der Waals surface area (Å²) in [5, 5.41) is 5.71. The molecule has 1 aromatic carbocycles. The van der Waals surface area contributed by atoms with Crippen LogP contribution < -0.4 is 10.6 Å². The van der Waals surface area contributed by atoms with E-state index in [0.717, 1.165) is 24.0 Å². The van der Waals surface area contributed by atoms with Crippen molar-refractivity contribution >= 4 is 17.9 Å². The zero-order valence-corrected chi connectivity index (χ0v) is 23.6. The number of nitrogens with one attached hydrogen (secondary N) is 2. The predicted molar refractivity (Wildman–Crippen MR) is 141 cm³/mol. The lowest BCUT2D eigenvalue weighted by Gasteiger charge is -2.39. The SMILES string of the molecule is Cc1ccc(C(C(=O)NC(C)(C)C)N(C(=O)C(C)NC(=O)OC(C)(C)C)C(C)CCC(C)C)cc1. The van der Waals surface area contributed by atoms with Crippen LogP contribution in [0.1, 0.15) is 99.2 Å². The zero-order valence-electron chi connectivity index (χ0n) is 23.6. The Morgan fingerprint density at radius 1 is 0.914 bits per heavy atom. The van der Waals surface area contributed by atoms with Gasteiger partial charge in [0.25, 0.3) is 0 Å². The smallest absolute Gasteiger partial charge is 0.408 e. The number of aryl methyl sites for hydroxylation is 1. The van der Waals surface area contributed by atoms with Crippen molar-refractivity contribution in [2.75, 3.05) is 0 Å². The maximum Gasteiger partial charge on any atom is 0.408 e. The lowest BCUT2D eigenvalue weighted by molar-refractivity contribution is -0.145. The number of hydrogen-bond donors (Lipinski definition) is 2. The second-order valence-corrected chi connectivity index (χ2v) is 12.0. The van der Waals surface area contributed by atoms with E-state index in [1.54, 1.807) is 32.6 Å². The Balaban J connectivity index is 3.45. The molecule has 1 aromatic rings. The summed E-state index contributed by atoms with van der Waals surface area (Å²) >= 11 is 0. The van der Waals surface area contributed by atoms with Crippen LogP contribution in [0.4, 0.5) is 4.79 Å². The van der Waals surface area contributed by atoms with Crippen LogP contribution in [0.25, 0.3) is 0 Å². The second kappa shape index (κ2) is 12.4. The van der Waals surface area contributed by atoms with Gasteiger partial charge in [-0.15, -0.1) is 0 Å². The molecular formula is C28H47N3O4. The Kier molecular flexibility index (Phi) is 10.8. The van der Waals surface area contributed by atoms with Crippen LogP contribution in [-0.4, -0.2) is 46.0 Å². The van der Waals surface area contributed by atoms with Crippen molar-refractivity contribution in [2.45, 2.75) is 118 Å². The van der Waals surface area contributed by atoms with Crippen LogP contribution in [0, 0.1) is 12.8 Å². The van der Waals surface area contributed by atoms with E-state index in [-0.39, 0.29) is 17.9 Å². The van der Waals surface area contributed by atoms with Crippen LogP contribution in [0.15, 0.2) is 24.3 Å². The number of carbonyl (C=O) groups is 3. The van der Waals surface area contributed by atoms with E-state index in [4.69, 9.17) is 4.74 Å². The fraction of sp³-hybridized carbons (Fsp3) is 0.679. The molecule has 35 heavy (non-hydrogen) atoms. The van der Waals surface area contributed by atoms with Crippen LogP contribution >= 0.6 is 0 Å². The molecular weight excluding hydrogens is 442 g/mol. The molecule has 0 aliphatic rings. The first-order valence-corrected chi connectivity index (χ1v) is 12.6. The highest BCUT2D eigenvalue weighted by atomic mass is 16.6. The summed E-state index contributed by atoms with van der Waals surface area (Å²) in [5.74, 6) is -0.134. The largest absolute Gasteiger partial charge is 0.444 e. The minimum atomic E-state index is -0.873. The fourth-order valence-corrected chi connectivity index (χ4v) is 3.71.